The van der Waals surface area contributed by atoms with Crippen LogP contribution >= 0.6 is 44.3 Å². The molecule has 126 valence electrons. The summed E-state index contributed by atoms with van der Waals surface area (Å²) in [4.78, 5) is 0. The smallest absolute Gasteiger partial charge is 0.148 e. The minimum absolute atomic E-state index is 0. The molecule has 0 amide bonds. The number of benzene rings is 2. The normalized spacial score (nSPS) is 11.7. The van der Waals surface area contributed by atoms with E-state index < -0.39 is 0 Å². The fourth-order valence-corrected chi connectivity index (χ4v) is 3.52. The topological polar surface area (TPSA) is 41.5 Å². The first-order valence-electron chi connectivity index (χ1n) is 7.09. The van der Waals surface area contributed by atoms with E-state index in [0.717, 1.165) is 25.8 Å². The highest BCUT2D eigenvalue weighted by atomic mass is 79.9. The van der Waals surface area contributed by atoms with Crippen molar-refractivity contribution in [3.8, 4) is 5.75 Å². The minimum atomic E-state index is -0.347. The summed E-state index contributed by atoms with van der Waals surface area (Å²) in [6.45, 7) is 3.56. The van der Waals surface area contributed by atoms with Crippen LogP contribution in [-0.4, -0.2) is 17.8 Å². The zero-order chi connectivity index (χ0) is 15.9. The molecule has 6 heteroatoms. The molecule has 1 atom stereocenters. The number of ether oxygens (including phenoxy) is 1. The molecule has 0 aliphatic carbocycles. The van der Waals surface area contributed by atoms with Crippen LogP contribution in [0.15, 0.2) is 51.4 Å². The van der Waals surface area contributed by atoms with Gasteiger partial charge < -0.3 is 15.2 Å². The highest BCUT2D eigenvalue weighted by Gasteiger charge is 2.09. The Labute approximate surface area is 160 Å². The third-order valence-corrected chi connectivity index (χ3v) is 4.23. The molecule has 2 aromatic rings. The van der Waals surface area contributed by atoms with Gasteiger partial charge in [-0.05, 0) is 62.0 Å². The van der Waals surface area contributed by atoms with Crippen molar-refractivity contribution in [2.24, 2.45) is 0 Å². The Morgan fingerprint density at radius 1 is 1.09 bits per heavy atom. The van der Waals surface area contributed by atoms with E-state index in [1.165, 1.54) is 0 Å². The maximum absolute atomic E-state index is 9.26. The maximum atomic E-state index is 9.26. The summed E-state index contributed by atoms with van der Waals surface area (Å²) < 4.78 is 7.72. The highest BCUT2D eigenvalue weighted by molar-refractivity contribution is 9.11. The number of hydrogen-bond acceptors (Lipinski definition) is 3. The molecule has 0 heterocycles. The summed E-state index contributed by atoms with van der Waals surface area (Å²) in [5.41, 5.74) is 2.25. The van der Waals surface area contributed by atoms with Crippen molar-refractivity contribution in [1.82, 2.24) is 5.32 Å². The first kappa shape index (κ1) is 20.5. The number of aliphatic hydroxyl groups excluding tert-OH is 1. The summed E-state index contributed by atoms with van der Waals surface area (Å²) in [6, 6.07) is 14.1. The SMILES string of the molecule is CC(O)CNCc1cc(Br)c(OCc2ccccc2)c(Br)c1.Cl. The third kappa shape index (κ3) is 6.81. The molecule has 0 bridgehead atoms. The van der Waals surface area contributed by atoms with Crippen LogP contribution in [0.1, 0.15) is 18.1 Å². The zero-order valence-electron chi connectivity index (χ0n) is 12.8. The lowest BCUT2D eigenvalue weighted by Gasteiger charge is -2.13. The van der Waals surface area contributed by atoms with Gasteiger partial charge in [0.05, 0.1) is 15.0 Å². The molecule has 1 unspecified atom stereocenters. The largest absolute Gasteiger partial charge is 0.487 e. The van der Waals surface area contributed by atoms with E-state index >= 15 is 0 Å². The van der Waals surface area contributed by atoms with Gasteiger partial charge in [-0.2, -0.15) is 0 Å². The molecule has 2 N–H and O–H groups in total. The van der Waals surface area contributed by atoms with E-state index in [1.807, 2.05) is 42.5 Å². The lowest BCUT2D eigenvalue weighted by Crippen LogP contribution is -2.23. The molecule has 2 aromatic carbocycles. The standard InChI is InChI=1S/C17H19Br2NO2.ClH/c1-12(21)9-20-10-14-7-15(18)17(16(19)8-14)22-11-13-5-3-2-4-6-13;/h2-8,12,20-21H,9-11H2,1H3;1H. The van der Waals surface area contributed by atoms with Gasteiger partial charge in [-0.3, -0.25) is 0 Å². The van der Waals surface area contributed by atoms with Gasteiger partial charge in [0, 0.05) is 13.1 Å². The molecule has 2 rings (SSSR count). The average Bonchev–Trinajstić information content (AvgIpc) is 2.47. The average molecular weight is 466 g/mol. The molecule has 0 aromatic heterocycles. The van der Waals surface area contributed by atoms with Gasteiger partial charge in [0.1, 0.15) is 12.4 Å². The number of nitrogens with one attached hydrogen (secondary N) is 1. The van der Waals surface area contributed by atoms with Crippen molar-refractivity contribution in [3.63, 3.8) is 0 Å². The molecule has 0 fully saturated rings. The summed E-state index contributed by atoms with van der Waals surface area (Å²) in [7, 11) is 0. The Morgan fingerprint density at radius 2 is 1.70 bits per heavy atom. The molecule has 23 heavy (non-hydrogen) atoms. The fraction of sp³-hybridized carbons (Fsp3) is 0.294. The van der Waals surface area contributed by atoms with Gasteiger partial charge in [-0.25, -0.2) is 0 Å². The molecule has 0 aliphatic heterocycles. The minimum Gasteiger partial charge on any atom is -0.487 e. The van der Waals surface area contributed by atoms with Gasteiger partial charge in [0.25, 0.3) is 0 Å². The van der Waals surface area contributed by atoms with Gasteiger partial charge >= 0.3 is 0 Å². The number of halogens is 3. The van der Waals surface area contributed by atoms with Crippen LogP contribution in [0.3, 0.4) is 0 Å². The van der Waals surface area contributed by atoms with E-state index in [2.05, 4.69) is 37.2 Å². The maximum Gasteiger partial charge on any atom is 0.148 e. The second kappa shape index (κ2) is 10.3. The predicted molar refractivity (Wildman–Crippen MR) is 103 cm³/mol. The van der Waals surface area contributed by atoms with Gasteiger partial charge in [0.15, 0.2) is 0 Å². The Kier molecular flexibility index (Phi) is 9.17. The Hall–Kier alpha value is -0.590. The van der Waals surface area contributed by atoms with Gasteiger partial charge in [-0.1, -0.05) is 30.3 Å². The van der Waals surface area contributed by atoms with Crippen LogP contribution in [0.25, 0.3) is 0 Å². The van der Waals surface area contributed by atoms with Crippen LogP contribution in [0.2, 0.25) is 0 Å². The van der Waals surface area contributed by atoms with E-state index in [9.17, 15) is 5.11 Å². The molecule has 0 saturated heterocycles. The monoisotopic (exact) mass is 463 g/mol. The summed E-state index contributed by atoms with van der Waals surface area (Å²) in [6.07, 6.45) is -0.347. The third-order valence-electron chi connectivity index (χ3n) is 3.05. The van der Waals surface area contributed by atoms with Crippen molar-refractivity contribution in [3.05, 3.63) is 62.5 Å². The molecule has 0 radical (unpaired) electrons. The van der Waals surface area contributed by atoms with Crippen molar-refractivity contribution >= 4 is 44.3 Å². The Balaban J connectivity index is 0.00000264. The molecule has 0 saturated carbocycles. The summed E-state index contributed by atoms with van der Waals surface area (Å²) in [5.74, 6) is 0.795. The molecule has 3 nitrogen and oxygen atoms in total. The first-order valence-corrected chi connectivity index (χ1v) is 8.68. The molecule has 0 aliphatic rings. The van der Waals surface area contributed by atoms with Crippen molar-refractivity contribution in [2.75, 3.05) is 6.54 Å². The Bertz CT molecular complexity index is 586. The van der Waals surface area contributed by atoms with Gasteiger partial charge in [-0.15, -0.1) is 12.4 Å². The summed E-state index contributed by atoms with van der Waals surface area (Å²) in [5, 5.41) is 12.5. The van der Waals surface area contributed by atoms with Crippen molar-refractivity contribution in [2.45, 2.75) is 26.2 Å². The first-order chi connectivity index (χ1) is 10.6. The lowest BCUT2D eigenvalue weighted by molar-refractivity contribution is 0.191. The second-order valence-electron chi connectivity index (χ2n) is 5.14. The molecular formula is C17H20Br2ClNO2. The number of aliphatic hydroxyl groups is 1. The van der Waals surface area contributed by atoms with Crippen LogP contribution in [0.4, 0.5) is 0 Å². The van der Waals surface area contributed by atoms with Crippen LogP contribution in [0, 0.1) is 0 Å². The Morgan fingerprint density at radius 3 is 2.26 bits per heavy atom. The summed E-state index contributed by atoms with van der Waals surface area (Å²) >= 11 is 7.12. The number of rotatable bonds is 7. The number of hydrogen-bond donors (Lipinski definition) is 2. The van der Waals surface area contributed by atoms with E-state index in [4.69, 9.17) is 4.74 Å². The van der Waals surface area contributed by atoms with Crippen molar-refractivity contribution in [1.29, 1.82) is 0 Å². The molecular weight excluding hydrogens is 445 g/mol. The fourth-order valence-electron chi connectivity index (χ4n) is 2.01. The van der Waals surface area contributed by atoms with Gasteiger partial charge in [0.2, 0.25) is 0 Å². The van der Waals surface area contributed by atoms with Crippen LogP contribution in [0.5, 0.6) is 5.75 Å². The quantitative estimate of drug-likeness (QED) is 0.624. The predicted octanol–water partition coefficient (Wildman–Crippen LogP) is 4.68. The van der Waals surface area contributed by atoms with E-state index in [1.54, 1.807) is 6.92 Å². The highest BCUT2D eigenvalue weighted by Crippen LogP contribution is 2.35. The van der Waals surface area contributed by atoms with Crippen LogP contribution in [-0.2, 0) is 13.2 Å². The van der Waals surface area contributed by atoms with E-state index in [-0.39, 0.29) is 18.5 Å². The van der Waals surface area contributed by atoms with E-state index in [0.29, 0.717) is 19.7 Å². The molecule has 0 spiro atoms. The lowest BCUT2D eigenvalue weighted by atomic mass is 10.2. The second-order valence-corrected chi connectivity index (χ2v) is 6.85. The zero-order valence-corrected chi connectivity index (χ0v) is 16.7. The van der Waals surface area contributed by atoms with Crippen LogP contribution < -0.4 is 10.1 Å². The van der Waals surface area contributed by atoms with Crippen molar-refractivity contribution < 1.29 is 9.84 Å².